The first kappa shape index (κ1) is 13.5. The Morgan fingerprint density at radius 3 is 2.63 bits per heavy atom. The van der Waals surface area contributed by atoms with Crippen molar-refractivity contribution in [3.05, 3.63) is 57.0 Å². The number of pyridine rings is 1. The van der Waals surface area contributed by atoms with Crippen LogP contribution >= 0.6 is 11.6 Å². The summed E-state index contributed by atoms with van der Waals surface area (Å²) in [5, 5.41) is 10.4. The molecule has 1 aromatic heterocycles. The van der Waals surface area contributed by atoms with Crippen LogP contribution in [0.4, 0.5) is 5.69 Å². The monoisotopic (exact) mass is 278 g/mol. The zero-order chi connectivity index (χ0) is 14.0. The number of rotatable bonds is 3. The van der Waals surface area contributed by atoms with Crippen LogP contribution in [0.15, 0.2) is 35.3 Å². The number of nitrogen functional groups attached to an aromatic ring is 1. The van der Waals surface area contributed by atoms with Gasteiger partial charge in [0.25, 0.3) is 5.56 Å². The molecule has 0 aliphatic rings. The Bertz CT molecular complexity index is 665. The van der Waals surface area contributed by atoms with Crippen LogP contribution in [0.1, 0.15) is 18.1 Å². The molecule has 0 aliphatic carbocycles. The predicted molar refractivity (Wildman–Crippen MR) is 76.7 cm³/mol. The lowest BCUT2D eigenvalue weighted by Gasteiger charge is -2.12. The number of aromatic hydroxyl groups is 1. The Kier molecular flexibility index (Phi) is 3.81. The standard InChI is InChI=1S/C14H15ClN2O2/c1-2-9-7-17(14(19)12(16)13(9)18)8-10-5-3-4-6-11(10)15/h3-7,18H,2,8,16H2,1H3. The molecular weight excluding hydrogens is 264 g/mol. The molecular formula is C14H15ClN2O2. The second kappa shape index (κ2) is 5.36. The van der Waals surface area contributed by atoms with Gasteiger partial charge in [0, 0.05) is 16.8 Å². The second-order valence-electron chi connectivity index (χ2n) is 4.29. The van der Waals surface area contributed by atoms with Crippen LogP contribution in [0.5, 0.6) is 5.75 Å². The van der Waals surface area contributed by atoms with E-state index in [1.165, 1.54) is 4.57 Å². The van der Waals surface area contributed by atoms with E-state index in [0.29, 0.717) is 23.6 Å². The summed E-state index contributed by atoms with van der Waals surface area (Å²) in [6.45, 7) is 2.22. The maximum absolute atomic E-state index is 12.0. The Balaban J connectivity index is 2.50. The van der Waals surface area contributed by atoms with Crippen molar-refractivity contribution in [2.45, 2.75) is 19.9 Å². The lowest BCUT2D eigenvalue weighted by atomic mass is 10.1. The van der Waals surface area contributed by atoms with Gasteiger partial charge in [-0.25, -0.2) is 0 Å². The number of hydrogen-bond acceptors (Lipinski definition) is 3. The third kappa shape index (κ3) is 2.58. The van der Waals surface area contributed by atoms with Crippen LogP contribution in [-0.2, 0) is 13.0 Å². The number of halogens is 1. The number of nitrogens with two attached hydrogens (primary N) is 1. The number of anilines is 1. The van der Waals surface area contributed by atoms with Crippen molar-refractivity contribution in [2.24, 2.45) is 0 Å². The highest BCUT2D eigenvalue weighted by molar-refractivity contribution is 6.31. The van der Waals surface area contributed by atoms with Gasteiger partial charge in [0.1, 0.15) is 11.4 Å². The predicted octanol–water partition coefficient (Wildman–Crippen LogP) is 2.40. The molecule has 5 heteroatoms. The summed E-state index contributed by atoms with van der Waals surface area (Å²) in [5.74, 6) is -0.122. The Morgan fingerprint density at radius 1 is 1.32 bits per heavy atom. The molecule has 1 aromatic carbocycles. The molecule has 0 spiro atoms. The number of nitrogens with zero attached hydrogens (tertiary/aromatic N) is 1. The largest absolute Gasteiger partial charge is 0.505 e. The lowest BCUT2D eigenvalue weighted by Crippen LogP contribution is -2.24. The molecule has 0 unspecified atom stereocenters. The first-order valence-electron chi connectivity index (χ1n) is 5.98. The van der Waals surface area contributed by atoms with Gasteiger partial charge in [-0.05, 0) is 18.1 Å². The van der Waals surface area contributed by atoms with Crippen LogP contribution in [0.3, 0.4) is 0 Å². The number of aryl methyl sites for hydroxylation is 1. The van der Waals surface area contributed by atoms with Crippen LogP contribution < -0.4 is 11.3 Å². The number of aromatic nitrogens is 1. The molecule has 0 radical (unpaired) electrons. The average molecular weight is 279 g/mol. The quantitative estimate of drug-likeness (QED) is 0.906. The van der Waals surface area contributed by atoms with E-state index in [1.807, 2.05) is 25.1 Å². The number of hydrogen-bond donors (Lipinski definition) is 2. The highest BCUT2D eigenvalue weighted by Gasteiger charge is 2.12. The van der Waals surface area contributed by atoms with E-state index in [0.717, 1.165) is 5.56 Å². The van der Waals surface area contributed by atoms with E-state index in [1.54, 1.807) is 12.3 Å². The van der Waals surface area contributed by atoms with Gasteiger partial charge in [0.05, 0.1) is 6.54 Å². The minimum Gasteiger partial charge on any atom is -0.505 e. The first-order chi connectivity index (χ1) is 9.04. The minimum atomic E-state index is -0.408. The molecule has 0 bridgehead atoms. The van der Waals surface area contributed by atoms with Gasteiger partial charge >= 0.3 is 0 Å². The lowest BCUT2D eigenvalue weighted by molar-refractivity contribution is 0.467. The summed E-state index contributed by atoms with van der Waals surface area (Å²) in [4.78, 5) is 12.0. The fourth-order valence-electron chi connectivity index (χ4n) is 1.92. The van der Waals surface area contributed by atoms with Crippen molar-refractivity contribution in [1.29, 1.82) is 0 Å². The van der Waals surface area contributed by atoms with Gasteiger partial charge in [0.15, 0.2) is 0 Å². The van der Waals surface area contributed by atoms with E-state index < -0.39 is 5.56 Å². The van der Waals surface area contributed by atoms with Crippen molar-refractivity contribution in [1.82, 2.24) is 4.57 Å². The van der Waals surface area contributed by atoms with Crippen LogP contribution in [-0.4, -0.2) is 9.67 Å². The van der Waals surface area contributed by atoms with E-state index in [2.05, 4.69) is 0 Å². The molecule has 4 nitrogen and oxygen atoms in total. The van der Waals surface area contributed by atoms with E-state index in [9.17, 15) is 9.90 Å². The van der Waals surface area contributed by atoms with Gasteiger partial charge in [-0.2, -0.15) is 0 Å². The molecule has 0 atom stereocenters. The van der Waals surface area contributed by atoms with Crippen molar-refractivity contribution in [3.63, 3.8) is 0 Å². The zero-order valence-electron chi connectivity index (χ0n) is 10.6. The van der Waals surface area contributed by atoms with E-state index in [-0.39, 0.29) is 11.4 Å². The van der Waals surface area contributed by atoms with Crippen molar-refractivity contribution in [2.75, 3.05) is 5.73 Å². The van der Waals surface area contributed by atoms with Crippen molar-refractivity contribution >= 4 is 17.3 Å². The fraction of sp³-hybridized carbons (Fsp3) is 0.214. The molecule has 1 heterocycles. The van der Waals surface area contributed by atoms with Gasteiger partial charge in [-0.15, -0.1) is 0 Å². The summed E-state index contributed by atoms with van der Waals surface area (Å²) in [7, 11) is 0. The summed E-state index contributed by atoms with van der Waals surface area (Å²) >= 11 is 6.08. The van der Waals surface area contributed by atoms with Crippen LogP contribution in [0, 0.1) is 0 Å². The zero-order valence-corrected chi connectivity index (χ0v) is 11.3. The molecule has 19 heavy (non-hydrogen) atoms. The fourth-order valence-corrected chi connectivity index (χ4v) is 2.12. The Morgan fingerprint density at radius 2 is 2.00 bits per heavy atom. The molecule has 100 valence electrons. The average Bonchev–Trinajstić information content (AvgIpc) is 2.41. The summed E-state index contributed by atoms with van der Waals surface area (Å²) in [6, 6.07) is 7.31. The molecule has 0 amide bonds. The van der Waals surface area contributed by atoms with Crippen LogP contribution in [0.25, 0.3) is 0 Å². The molecule has 0 saturated heterocycles. The Hall–Kier alpha value is -1.94. The second-order valence-corrected chi connectivity index (χ2v) is 4.70. The van der Waals surface area contributed by atoms with Crippen molar-refractivity contribution in [3.8, 4) is 5.75 Å². The molecule has 2 rings (SSSR count). The van der Waals surface area contributed by atoms with Gasteiger partial charge in [-0.3, -0.25) is 4.79 Å². The molecule has 0 fully saturated rings. The topological polar surface area (TPSA) is 68.2 Å². The highest BCUT2D eigenvalue weighted by Crippen LogP contribution is 2.22. The Labute approximate surface area is 116 Å². The van der Waals surface area contributed by atoms with E-state index >= 15 is 0 Å². The third-order valence-corrected chi connectivity index (χ3v) is 3.41. The molecule has 0 aliphatic heterocycles. The number of benzene rings is 1. The first-order valence-corrected chi connectivity index (χ1v) is 6.36. The van der Waals surface area contributed by atoms with Crippen molar-refractivity contribution < 1.29 is 5.11 Å². The molecule has 0 saturated carbocycles. The molecule has 3 N–H and O–H groups in total. The smallest absolute Gasteiger partial charge is 0.277 e. The SMILES string of the molecule is CCc1cn(Cc2ccccc2Cl)c(=O)c(N)c1O. The maximum atomic E-state index is 12.0. The summed E-state index contributed by atoms with van der Waals surface area (Å²) < 4.78 is 1.47. The van der Waals surface area contributed by atoms with Crippen LogP contribution in [0.2, 0.25) is 5.02 Å². The third-order valence-electron chi connectivity index (χ3n) is 3.04. The van der Waals surface area contributed by atoms with Gasteiger partial charge < -0.3 is 15.4 Å². The minimum absolute atomic E-state index is 0.119. The van der Waals surface area contributed by atoms with Gasteiger partial charge in [-0.1, -0.05) is 36.7 Å². The highest BCUT2D eigenvalue weighted by atomic mass is 35.5. The summed E-state index contributed by atoms with van der Waals surface area (Å²) in [5.41, 5.74) is 6.58. The maximum Gasteiger partial charge on any atom is 0.277 e. The normalized spacial score (nSPS) is 10.6. The molecule has 2 aromatic rings. The van der Waals surface area contributed by atoms with E-state index in [4.69, 9.17) is 17.3 Å². The van der Waals surface area contributed by atoms with Gasteiger partial charge in [0.2, 0.25) is 0 Å². The summed E-state index contributed by atoms with van der Waals surface area (Å²) in [6.07, 6.45) is 2.22.